The van der Waals surface area contributed by atoms with E-state index in [4.69, 9.17) is 5.73 Å². The summed E-state index contributed by atoms with van der Waals surface area (Å²) in [6.45, 7) is 1.10. The first-order chi connectivity index (χ1) is 20.8. The molecule has 0 atom stereocenters. The summed E-state index contributed by atoms with van der Waals surface area (Å²) in [6, 6.07) is 5.45. The Bertz CT molecular complexity index is 1770. The molecule has 2 heterocycles. The van der Waals surface area contributed by atoms with Crippen LogP contribution in [0.15, 0.2) is 59.8 Å². The van der Waals surface area contributed by atoms with E-state index in [1.54, 1.807) is 6.07 Å². The van der Waals surface area contributed by atoms with E-state index in [2.05, 4.69) is 15.3 Å². The molecule has 0 radical (unpaired) electrons. The molecule has 0 fully saturated rings. The highest BCUT2D eigenvalue weighted by Gasteiger charge is 2.31. The van der Waals surface area contributed by atoms with Gasteiger partial charge in [0, 0.05) is 36.3 Å². The number of nitrogens with one attached hydrogen (secondary N) is 3. The van der Waals surface area contributed by atoms with Gasteiger partial charge in [0.2, 0.25) is 11.7 Å². The minimum Gasteiger partial charge on any atom is -0.356 e. The lowest BCUT2D eigenvalue weighted by molar-refractivity contribution is -0.137. The molecule has 0 aliphatic rings. The first kappa shape index (κ1) is 32.5. The van der Waals surface area contributed by atoms with Crippen molar-refractivity contribution in [3.05, 3.63) is 88.7 Å². The molecule has 2 aromatic heterocycles. The van der Waals surface area contributed by atoms with Gasteiger partial charge < -0.3 is 16.0 Å². The molecular weight excluding hydrogens is 609 g/mol. The molecule has 2 aromatic carbocycles. The fraction of sp³-hybridized carbons (Fsp3) is 0.276. The molecule has 0 aliphatic heterocycles. The Kier molecular flexibility index (Phi) is 9.99. The van der Waals surface area contributed by atoms with Gasteiger partial charge in [-0.25, -0.2) is 22.2 Å². The molecule has 1 amide bonds. The second-order valence-corrected chi connectivity index (χ2v) is 11.6. The van der Waals surface area contributed by atoms with Crippen LogP contribution in [-0.2, 0) is 27.4 Å². The number of aromatic amines is 1. The summed E-state index contributed by atoms with van der Waals surface area (Å²) in [6.07, 6.45) is 0.992. The highest BCUT2D eigenvalue weighted by molar-refractivity contribution is 7.92. The summed E-state index contributed by atoms with van der Waals surface area (Å²) in [7, 11) is -4.62. The van der Waals surface area contributed by atoms with Crippen LogP contribution in [0.4, 0.5) is 27.6 Å². The number of aryl methyl sites for hydroxylation is 1. The lowest BCUT2D eigenvalue weighted by atomic mass is 10.0. The fourth-order valence-corrected chi connectivity index (χ4v) is 5.45. The van der Waals surface area contributed by atoms with Gasteiger partial charge >= 0.3 is 6.18 Å². The first-order valence-electron chi connectivity index (χ1n) is 13.5. The topological polar surface area (TPSA) is 147 Å². The zero-order chi connectivity index (χ0) is 32.1. The Balaban J connectivity index is 1.53. The van der Waals surface area contributed by atoms with Crippen molar-refractivity contribution >= 4 is 38.4 Å². The molecule has 4 rings (SSSR count). The van der Waals surface area contributed by atoms with Gasteiger partial charge in [-0.3, -0.25) is 14.3 Å². The number of H-pyrrole nitrogens is 1. The van der Waals surface area contributed by atoms with E-state index in [1.165, 1.54) is 12.4 Å². The first-order valence-corrected chi connectivity index (χ1v) is 15.0. The average molecular weight is 638 g/mol. The number of nitrogens with zero attached hydrogens (tertiary/aromatic N) is 1. The molecule has 0 bridgehead atoms. The number of pyridine rings is 1. The van der Waals surface area contributed by atoms with Crippen LogP contribution in [0.5, 0.6) is 0 Å². The molecular formula is C29H28F5N5O4S. The van der Waals surface area contributed by atoms with Gasteiger partial charge in [-0.15, -0.1) is 0 Å². The third-order valence-corrected chi connectivity index (χ3v) is 8.11. The van der Waals surface area contributed by atoms with E-state index in [-0.39, 0.29) is 35.3 Å². The van der Waals surface area contributed by atoms with Crippen molar-refractivity contribution in [1.29, 1.82) is 0 Å². The van der Waals surface area contributed by atoms with Crippen LogP contribution in [0.1, 0.15) is 52.7 Å². The SMILES string of the molecule is NCCCCCNC(=O)CCc1cnc2[nH]cc(C(=O)c3c(F)ccc(NS(=O)(=O)c4ccc(C(F)(F)F)cc4)c3F)c2c1. The number of rotatable bonds is 13. The number of unbranched alkanes of at least 4 members (excludes halogenated alkanes) is 2. The number of sulfonamides is 1. The van der Waals surface area contributed by atoms with Crippen molar-refractivity contribution in [3.8, 4) is 0 Å². The van der Waals surface area contributed by atoms with E-state index >= 15 is 4.39 Å². The standard InChI is InChI=1S/C29H28F5N5O4S/c30-22-9-10-23(39-44(42,43)19-7-5-18(6-8-19)29(32,33)34)26(31)25(22)27(41)21-16-38-28-20(21)14-17(15-37-28)4-11-24(40)36-13-3-1-2-12-35/h5-10,14-16,39H,1-4,11-13,35H2,(H,36,40)(H,37,38). The number of aromatic nitrogens is 2. The number of nitrogens with two attached hydrogens (primary N) is 1. The zero-order valence-electron chi connectivity index (χ0n) is 23.1. The third-order valence-electron chi connectivity index (χ3n) is 6.73. The molecule has 0 saturated heterocycles. The average Bonchev–Trinajstić information content (AvgIpc) is 3.40. The quantitative estimate of drug-likeness (QED) is 0.0915. The molecule has 0 aliphatic carbocycles. The summed E-state index contributed by atoms with van der Waals surface area (Å²) < 4.78 is 96.2. The number of anilines is 1. The van der Waals surface area contributed by atoms with Crippen LogP contribution in [0.3, 0.4) is 0 Å². The Labute approximate surface area is 249 Å². The Morgan fingerprint density at radius 3 is 2.41 bits per heavy atom. The maximum Gasteiger partial charge on any atom is 0.416 e. The number of halogens is 5. The van der Waals surface area contributed by atoms with Gasteiger partial charge in [0.25, 0.3) is 10.0 Å². The maximum absolute atomic E-state index is 15.5. The highest BCUT2D eigenvalue weighted by Crippen LogP contribution is 2.31. The minimum atomic E-state index is -4.70. The van der Waals surface area contributed by atoms with Gasteiger partial charge in [0.05, 0.1) is 21.7 Å². The van der Waals surface area contributed by atoms with Crippen LogP contribution < -0.4 is 15.8 Å². The fourth-order valence-electron chi connectivity index (χ4n) is 4.39. The second-order valence-electron chi connectivity index (χ2n) is 9.88. The summed E-state index contributed by atoms with van der Waals surface area (Å²) in [5, 5.41) is 3.04. The van der Waals surface area contributed by atoms with Crippen LogP contribution in [0, 0.1) is 11.6 Å². The van der Waals surface area contributed by atoms with Gasteiger partial charge in [0.1, 0.15) is 11.5 Å². The normalized spacial score (nSPS) is 12.0. The van der Waals surface area contributed by atoms with Crippen molar-refractivity contribution in [2.75, 3.05) is 17.8 Å². The van der Waals surface area contributed by atoms with Gasteiger partial charge in [0.15, 0.2) is 5.82 Å². The maximum atomic E-state index is 15.5. The number of amides is 1. The molecule has 0 saturated carbocycles. The van der Waals surface area contributed by atoms with E-state index in [0.717, 1.165) is 25.3 Å². The molecule has 234 valence electrons. The number of ketones is 1. The lowest BCUT2D eigenvalue weighted by Crippen LogP contribution is -2.24. The number of benzene rings is 2. The molecule has 5 N–H and O–H groups in total. The number of carbonyl (C=O) groups is 2. The van der Waals surface area contributed by atoms with Crippen molar-refractivity contribution in [3.63, 3.8) is 0 Å². The number of fused-ring (bicyclic) bond motifs is 1. The van der Waals surface area contributed by atoms with E-state index < -0.39 is 55.3 Å². The Hall–Kier alpha value is -4.37. The third kappa shape index (κ3) is 7.58. The number of hydrogen-bond acceptors (Lipinski definition) is 6. The zero-order valence-corrected chi connectivity index (χ0v) is 23.9. The second kappa shape index (κ2) is 13.5. The molecule has 0 spiro atoms. The van der Waals surface area contributed by atoms with Crippen molar-refractivity contribution in [2.45, 2.75) is 43.2 Å². The number of carbonyl (C=O) groups excluding carboxylic acids is 2. The van der Waals surface area contributed by atoms with Crippen molar-refractivity contribution < 1.29 is 40.0 Å². The van der Waals surface area contributed by atoms with Crippen LogP contribution >= 0.6 is 0 Å². The van der Waals surface area contributed by atoms with Gasteiger partial charge in [-0.05, 0) is 73.8 Å². The predicted octanol–water partition coefficient (Wildman–Crippen LogP) is 5.07. The summed E-state index contributed by atoms with van der Waals surface area (Å²) in [5.41, 5.74) is 3.18. The van der Waals surface area contributed by atoms with Crippen LogP contribution in [-0.4, -0.2) is 43.2 Å². The minimum absolute atomic E-state index is 0.141. The van der Waals surface area contributed by atoms with E-state index in [1.807, 2.05) is 4.72 Å². The summed E-state index contributed by atoms with van der Waals surface area (Å²) in [4.78, 5) is 31.9. The smallest absolute Gasteiger partial charge is 0.356 e. The van der Waals surface area contributed by atoms with Crippen LogP contribution in [0.2, 0.25) is 0 Å². The largest absolute Gasteiger partial charge is 0.416 e. The Morgan fingerprint density at radius 2 is 1.73 bits per heavy atom. The van der Waals surface area contributed by atoms with E-state index in [9.17, 15) is 35.6 Å². The van der Waals surface area contributed by atoms with Gasteiger partial charge in [-0.2, -0.15) is 13.2 Å². The monoisotopic (exact) mass is 637 g/mol. The van der Waals surface area contributed by atoms with Crippen molar-refractivity contribution in [2.24, 2.45) is 5.73 Å². The highest BCUT2D eigenvalue weighted by atomic mass is 32.2. The molecule has 0 unspecified atom stereocenters. The number of alkyl halides is 3. The molecule has 9 nitrogen and oxygen atoms in total. The summed E-state index contributed by atoms with van der Waals surface area (Å²) >= 11 is 0. The van der Waals surface area contributed by atoms with E-state index in [0.29, 0.717) is 49.0 Å². The molecule has 4 aromatic rings. The molecule has 15 heteroatoms. The summed E-state index contributed by atoms with van der Waals surface area (Å²) in [5.74, 6) is -4.09. The Morgan fingerprint density at radius 1 is 1.00 bits per heavy atom. The van der Waals surface area contributed by atoms with Crippen molar-refractivity contribution in [1.82, 2.24) is 15.3 Å². The lowest BCUT2D eigenvalue weighted by Gasteiger charge is -2.13. The van der Waals surface area contributed by atoms with Crippen LogP contribution in [0.25, 0.3) is 11.0 Å². The molecule has 44 heavy (non-hydrogen) atoms. The van der Waals surface area contributed by atoms with Gasteiger partial charge in [-0.1, -0.05) is 6.42 Å². The predicted molar refractivity (Wildman–Crippen MR) is 152 cm³/mol. The number of hydrogen-bond donors (Lipinski definition) is 4.